The second kappa shape index (κ2) is 9.93. The van der Waals surface area contributed by atoms with Gasteiger partial charge in [-0.3, -0.25) is 4.79 Å². The van der Waals surface area contributed by atoms with Crippen LogP contribution in [-0.2, 0) is 38.9 Å². The normalized spacial score (nSPS) is 14.7. The molecule has 1 atom stereocenters. The molecule has 2 aromatic rings. The summed E-state index contributed by atoms with van der Waals surface area (Å²) in [7, 11) is -2.63. The smallest absolute Gasteiger partial charge is 0.340 e. The molecule has 0 saturated heterocycles. The quantitative estimate of drug-likeness (QED) is 0.606. The molecule has 1 amide bonds. The topological polar surface area (TPSA) is 92.8 Å². The molecule has 9 heteroatoms. The van der Waals surface area contributed by atoms with Crippen LogP contribution in [0.5, 0.6) is 0 Å². The van der Waals surface area contributed by atoms with Gasteiger partial charge >= 0.3 is 5.97 Å². The zero-order valence-corrected chi connectivity index (χ0v) is 19.6. The minimum atomic E-state index is -3.87. The fraction of sp³-hybridized carbons (Fsp3) is 0.455. The average molecular weight is 465 g/mol. The van der Waals surface area contributed by atoms with E-state index in [9.17, 15) is 18.0 Å². The number of ether oxygens (including phenoxy) is 1. The minimum Gasteiger partial charge on any atom is -0.465 e. The molecule has 0 saturated carbocycles. The predicted octanol–water partition coefficient (Wildman–Crippen LogP) is 3.13. The van der Waals surface area contributed by atoms with Gasteiger partial charge in [0.05, 0.1) is 19.2 Å². The lowest BCUT2D eigenvalue weighted by Crippen LogP contribution is -2.36. The maximum atomic E-state index is 12.9. The number of hydrogen-bond donors (Lipinski definition) is 1. The Morgan fingerprint density at radius 1 is 1.26 bits per heavy atom. The van der Waals surface area contributed by atoms with Gasteiger partial charge in [-0.25, -0.2) is 17.9 Å². The van der Waals surface area contributed by atoms with E-state index in [0.717, 1.165) is 21.8 Å². The van der Waals surface area contributed by atoms with Gasteiger partial charge in [0.1, 0.15) is 4.21 Å². The molecule has 1 unspecified atom stereocenters. The van der Waals surface area contributed by atoms with Gasteiger partial charge in [0.25, 0.3) is 10.0 Å². The lowest BCUT2D eigenvalue weighted by Gasteiger charge is -2.27. The summed E-state index contributed by atoms with van der Waals surface area (Å²) in [6.45, 7) is 4.40. The standard InChI is InChI=1S/C22H28N2O5S2/c1-4-15(2)23-31(27,28)22-20(21(26)29-3)17-12-13-24(14-18(17)30-22)19(25)11-10-16-8-6-5-7-9-16/h5-9,15,23H,4,10-14H2,1-3H3. The monoisotopic (exact) mass is 464 g/mol. The summed E-state index contributed by atoms with van der Waals surface area (Å²) < 4.78 is 33.4. The molecule has 0 spiro atoms. The molecule has 1 aliphatic heterocycles. The summed E-state index contributed by atoms with van der Waals surface area (Å²) in [5, 5.41) is 0. The van der Waals surface area contributed by atoms with Crippen LogP contribution in [0.25, 0.3) is 0 Å². The highest BCUT2D eigenvalue weighted by atomic mass is 32.2. The lowest BCUT2D eigenvalue weighted by molar-refractivity contribution is -0.132. The molecule has 0 fully saturated rings. The van der Waals surface area contributed by atoms with Crippen molar-refractivity contribution in [3.05, 3.63) is 51.9 Å². The Hall–Kier alpha value is -2.23. The average Bonchev–Trinajstić information content (AvgIpc) is 3.17. The van der Waals surface area contributed by atoms with Crippen molar-refractivity contribution >= 4 is 33.2 Å². The van der Waals surface area contributed by atoms with Crippen molar-refractivity contribution in [1.29, 1.82) is 0 Å². The van der Waals surface area contributed by atoms with E-state index in [-0.39, 0.29) is 21.7 Å². The zero-order chi connectivity index (χ0) is 22.6. The van der Waals surface area contributed by atoms with Gasteiger partial charge in [-0.1, -0.05) is 37.3 Å². The third-order valence-electron chi connectivity index (χ3n) is 5.45. The largest absolute Gasteiger partial charge is 0.465 e. The number of nitrogens with one attached hydrogen (secondary N) is 1. The summed E-state index contributed by atoms with van der Waals surface area (Å²) in [6.07, 6.45) is 2.09. The first kappa shape index (κ1) is 23.4. The molecule has 3 rings (SSSR count). The third-order valence-corrected chi connectivity index (χ3v) is 8.77. The number of rotatable bonds is 8. The van der Waals surface area contributed by atoms with Crippen LogP contribution in [0.15, 0.2) is 34.5 Å². The third kappa shape index (κ3) is 5.34. The van der Waals surface area contributed by atoms with Gasteiger partial charge in [-0.15, -0.1) is 11.3 Å². The summed E-state index contributed by atoms with van der Waals surface area (Å²) in [4.78, 5) is 27.7. The highest BCUT2D eigenvalue weighted by Gasteiger charge is 2.35. The first-order valence-electron chi connectivity index (χ1n) is 10.3. The number of carbonyl (C=O) groups excluding carboxylic acids is 2. The van der Waals surface area contributed by atoms with Gasteiger partial charge in [0.15, 0.2) is 0 Å². The Morgan fingerprint density at radius 3 is 2.61 bits per heavy atom. The van der Waals surface area contributed by atoms with Crippen molar-refractivity contribution in [3.63, 3.8) is 0 Å². The van der Waals surface area contributed by atoms with Gasteiger partial charge < -0.3 is 9.64 Å². The molecule has 168 valence electrons. The van der Waals surface area contributed by atoms with Crippen LogP contribution in [0, 0.1) is 0 Å². The number of carbonyl (C=O) groups is 2. The van der Waals surface area contributed by atoms with Crippen LogP contribution in [0.3, 0.4) is 0 Å². The first-order chi connectivity index (χ1) is 14.8. The maximum Gasteiger partial charge on any atom is 0.340 e. The Bertz CT molecular complexity index is 1050. The predicted molar refractivity (Wildman–Crippen MR) is 120 cm³/mol. The molecule has 0 bridgehead atoms. The Kier molecular flexibility index (Phi) is 7.51. The van der Waals surface area contributed by atoms with Gasteiger partial charge in [0.2, 0.25) is 5.91 Å². The summed E-state index contributed by atoms with van der Waals surface area (Å²) >= 11 is 1.06. The SMILES string of the molecule is CCC(C)NS(=O)(=O)c1sc2c(c1C(=O)OC)CCN(C(=O)CCc1ccccc1)C2. The maximum absolute atomic E-state index is 12.9. The number of fused-ring (bicyclic) bond motifs is 1. The Balaban J connectivity index is 1.83. The van der Waals surface area contributed by atoms with E-state index in [4.69, 9.17) is 4.74 Å². The van der Waals surface area contributed by atoms with Crippen LogP contribution >= 0.6 is 11.3 Å². The molecule has 1 N–H and O–H groups in total. The van der Waals surface area contributed by atoms with E-state index in [0.29, 0.717) is 44.3 Å². The molecule has 7 nitrogen and oxygen atoms in total. The van der Waals surface area contributed by atoms with E-state index in [1.54, 1.807) is 11.8 Å². The van der Waals surface area contributed by atoms with Crippen molar-refractivity contribution in [2.45, 2.75) is 56.3 Å². The second-order valence-electron chi connectivity index (χ2n) is 7.64. The molecule has 2 heterocycles. The van der Waals surface area contributed by atoms with E-state index in [1.165, 1.54) is 7.11 Å². The van der Waals surface area contributed by atoms with Gasteiger partial charge in [0, 0.05) is 23.9 Å². The fourth-order valence-electron chi connectivity index (χ4n) is 3.54. The summed E-state index contributed by atoms with van der Waals surface area (Å²) in [5.74, 6) is -0.643. The van der Waals surface area contributed by atoms with Crippen molar-refractivity contribution in [2.24, 2.45) is 0 Å². The minimum absolute atomic E-state index is 0.0182. The number of sulfonamides is 1. The molecular weight excluding hydrogens is 436 g/mol. The number of thiophene rings is 1. The molecule has 31 heavy (non-hydrogen) atoms. The van der Waals surface area contributed by atoms with Crippen molar-refractivity contribution in [2.75, 3.05) is 13.7 Å². The van der Waals surface area contributed by atoms with E-state index < -0.39 is 16.0 Å². The second-order valence-corrected chi connectivity index (χ2v) is 10.7. The van der Waals surface area contributed by atoms with Crippen LogP contribution in [-0.4, -0.2) is 44.9 Å². The van der Waals surface area contributed by atoms with Crippen molar-refractivity contribution in [3.8, 4) is 0 Å². The van der Waals surface area contributed by atoms with Crippen molar-refractivity contribution < 1.29 is 22.7 Å². The number of amides is 1. The molecule has 0 radical (unpaired) electrons. The number of benzene rings is 1. The van der Waals surface area contributed by atoms with Gasteiger partial charge in [-0.05, 0) is 37.3 Å². The molecule has 1 aliphatic rings. The highest BCUT2D eigenvalue weighted by Crippen LogP contribution is 2.37. The summed E-state index contributed by atoms with van der Waals surface area (Å²) in [6, 6.07) is 9.56. The lowest BCUT2D eigenvalue weighted by atomic mass is 10.0. The van der Waals surface area contributed by atoms with Crippen molar-refractivity contribution in [1.82, 2.24) is 9.62 Å². The number of aryl methyl sites for hydroxylation is 1. The van der Waals surface area contributed by atoms with Crippen LogP contribution in [0.2, 0.25) is 0 Å². The van der Waals surface area contributed by atoms with E-state index in [1.807, 2.05) is 37.3 Å². The van der Waals surface area contributed by atoms with E-state index in [2.05, 4.69) is 4.72 Å². The molecule has 1 aromatic carbocycles. The number of esters is 1. The van der Waals surface area contributed by atoms with Crippen LogP contribution < -0.4 is 4.72 Å². The molecule has 0 aliphatic carbocycles. The zero-order valence-electron chi connectivity index (χ0n) is 18.0. The van der Waals surface area contributed by atoms with Gasteiger partial charge in [-0.2, -0.15) is 0 Å². The summed E-state index contributed by atoms with van der Waals surface area (Å²) in [5.41, 5.74) is 1.88. The first-order valence-corrected chi connectivity index (χ1v) is 12.6. The number of hydrogen-bond acceptors (Lipinski definition) is 6. The molecular formula is C22H28N2O5S2. The fourth-order valence-corrected chi connectivity index (χ4v) is 6.79. The van der Waals surface area contributed by atoms with E-state index >= 15 is 0 Å². The Labute approximate surface area is 187 Å². The van der Waals surface area contributed by atoms with Crippen LogP contribution in [0.1, 0.15) is 53.1 Å². The number of methoxy groups -OCH3 is 1. The highest BCUT2D eigenvalue weighted by molar-refractivity contribution is 7.91. The van der Waals surface area contributed by atoms with Crippen LogP contribution in [0.4, 0.5) is 0 Å². The molecule has 1 aromatic heterocycles. The number of nitrogens with zero attached hydrogens (tertiary/aromatic N) is 1. The Morgan fingerprint density at radius 2 is 1.97 bits per heavy atom.